The van der Waals surface area contributed by atoms with Crippen LogP contribution in [0.3, 0.4) is 0 Å². The highest BCUT2D eigenvalue weighted by molar-refractivity contribution is 7.93. The molecule has 0 bridgehead atoms. The van der Waals surface area contributed by atoms with E-state index >= 15 is 0 Å². The molecule has 2 N–H and O–H groups in total. The molecular weight excluding hydrogens is 350 g/mol. The minimum atomic E-state index is -3.61. The molecule has 8 heteroatoms. The Morgan fingerprint density at radius 1 is 1.33 bits per heavy atom. The number of carbonyl (C=O) groups is 1. The largest absolute Gasteiger partial charge is 0.497 e. The van der Waals surface area contributed by atoms with E-state index in [9.17, 15) is 18.3 Å². The number of nitrogens with one attached hydrogen (secondary N) is 1. The minimum absolute atomic E-state index is 0.201. The van der Waals surface area contributed by atoms with Crippen LogP contribution in [0, 0.1) is 0 Å². The van der Waals surface area contributed by atoms with Crippen molar-refractivity contribution in [3.8, 4) is 5.75 Å². The Balaban J connectivity index is 1.95. The summed E-state index contributed by atoms with van der Waals surface area (Å²) >= 11 is 1.22. The molecule has 0 saturated carbocycles. The highest BCUT2D eigenvalue weighted by Crippen LogP contribution is 2.33. The summed E-state index contributed by atoms with van der Waals surface area (Å²) in [6.07, 6.45) is 0.918. The van der Waals surface area contributed by atoms with Crippen LogP contribution in [0.4, 0.5) is 0 Å². The molecule has 0 saturated heterocycles. The van der Waals surface area contributed by atoms with Gasteiger partial charge in [-0.1, -0.05) is 0 Å². The number of rotatable bonds is 4. The minimum Gasteiger partial charge on any atom is -0.497 e. The standard InChI is InChI=1S/C16H17NO5S2/c1-22-11-2-4-12(5-3-11)24(20,21)15-9-10-8-13(16(18)19)17-7-6-14(10)23-15/h2-5,9,13,17H,6-8H2,1H3,(H,18,19). The van der Waals surface area contributed by atoms with Crippen LogP contribution < -0.4 is 10.1 Å². The maximum atomic E-state index is 12.8. The summed E-state index contributed by atoms with van der Waals surface area (Å²) in [5.74, 6) is -0.333. The fraction of sp³-hybridized carbons (Fsp3) is 0.312. The molecule has 0 aliphatic carbocycles. The summed E-state index contributed by atoms with van der Waals surface area (Å²) in [4.78, 5) is 12.3. The summed E-state index contributed by atoms with van der Waals surface area (Å²) in [6.45, 7) is 0.520. The fourth-order valence-corrected chi connectivity index (χ4v) is 5.63. The van der Waals surface area contributed by atoms with Gasteiger partial charge in [-0.2, -0.15) is 0 Å². The molecule has 1 aromatic carbocycles. The van der Waals surface area contributed by atoms with Gasteiger partial charge in [-0.3, -0.25) is 4.79 Å². The van der Waals surface area contributed by atoms with Crippen molar-refractivity contribution in [3.05, 3.63) is 40.8 Å². The van der Waals surface area contributed by atoms with Gasteiger partial charge < -0.3 is 15.2 Å². The highest BCUT2D eigenvalue weighted by Gasteiger charge is 2.27. The first kappa shape index (κ1) is 16.9. The Morgan fingerprint density at radius 2 is 2.04 bits per heavy atom. The second-order valence-electron chi connectivity index (χ2n) is 5.49. The van der Waals surface area contributed by atoms with Gasteiger partial charge in [-0.25, -0.2) is 8.42 Å². The maximum Gasteiger partial charge on any atom is 0.321 e. The number of fused-ring (bicyclic) bond motifs is 1. The molecule has 24 heavy (non-hydrogen) atoms. The van der Waals surface area contributed by atoms with Gasteiger partial charge in [-0.15, -0.1) is 11.3 Å². The first-order chi connectivity index (χ1) is 11.4. The van der Waals surface area contributed by atoms with Crippen molar-refractivity contribution in [2.24, 2.45) is 0 Å². The van der Waals surface area contributed by atoms with Crippen LogP contribution in [0.25, 0.3) is 0 Å². The fourth-order valence-electron chi connectivity index (χ4n) is 2.65. The van der Waals surface area contributed by atoms with Crippen molar-refractivity contribution in [2.45, 2.75) is 28.0 Å². The van der Waals surface area contributed by atoms with Crippen LogP contribution in [0.1, 0.15) is 10.4 Å². The van der Waals surface area contributed by atoms with Gasteiger partial charge in [0.2, 0.25) is 9.84 Å². The number of thiophene rings is 1. The summed E-state index contributed by atoms with van der Waals surface area (Å²) in [5, 5.41) is 12.2. The van der Waals surface area contributed by atoms with Crippen molar-refractivity contribution in [2.75, 3.05) is 13.7 Å². The molecule has 0 amide bonds. The van der Waals surface area contributed by atoms with Gasteiger partial charge in [0, 0.05) is 11.4 Å². The van der Waals surface area contributed by atoms with Gasteiger partial charge >= 0.3 is 5.97 Å². The van der Waals surface area contributed by atoms with Crippen LogP contribution in [0.15, 0.2) is 39.4 Å². The van der Waals surface area contributed by atoms with Crippen LogP contribution >= 0.6 is 11.3 Å². The van der Waals surface area contributed by atoms with E-state index in [1.165, 1.54) is 30.6 Å². The number of hydrogen-bond donors (Lipinski definition) is 2. The van der Waals surface area contributed by atoms with Crippen LogP contribution in [0.5, 0.6) is 5.75 Å². The third-order valence-corrected chi connectivity index (χ3v) is 7.45. The molecule has 1 unspecified atom stereocenters. The second kappa shape index (κ2) is 6.54. The number of carboxylic acid groups (broad SMARTS) is 1. The van der Waals surface area contributed by atoms with Crippen LogP contribution in [-0.4, -0.2) is 39.2 Å². The zero-order valence-electron chi connectivity index (χ0n) is 13.0. The Hall–Kier alpha value is -1.90. The monoisotopic (exact) mass is 367 g/mol. The Kier molecular flexibility index (Phi) is 4.62. The zero-order chi connectivity index (χ0) is 17.3. The van der Waals surface area contributed by atoms with Crippen molar-refractivity contribution in [1.29, 1.82) is 0 Å². The topological polar surface area (TPSA) is 92.7 Å². The molecule has 1 aliphatic heterocycles. The summed E-state index contributed by atoms with van der Waals surface area (Å²) in [5.41, 5.74) is 0.796. The lowest BCUT2D eigenvalue weighted by Gasteiger charge is -2.09. The van der Waals surface area contributed by atoms with E-state index in [1.807, 2.05) is 0 Å². The Morgan fingerprint density at radius 3 is 2.67 bits per heavy atom. The van der Waals surface area contributed by atoms with E-state index in [1.54, 1.807) is 18.2 Å². The molecule has 3 rings (SSSR count). The summed E-state index contributed by atoms with van der Waals surface area (Å²) in [6, 6.07) is 7.17. The van der Waals surface area contributed by atoms with Crippen molar-refractivity contribution in [3.63, 3.8) is 0 Å². The number of benzene rings is 1. The number of ether oxygens (including phenoxy) is 1. The van der Waals surface area contributed by atoms with Gasteiger partial charge in [0.1, 0.15) is 16.0 Å². The van der Waals surface area contributed by atoms with Crippen molar-refractivity contribution >= 4 is 27.1 Å². The third kappa shape index (κ3) is 3.17. The molecule has 1 aliphatic rings. The first-order valence-electron chi connectivity index (χ1n) is 7.38. The predicted molar refractivity (Wildman–Crippen MR) is 89.6 cm³/mol. The number of hydrogen-bond acceptors (Lipinski definition) is 6. The molecule has 2 heterocycles. The maximum absolute atomic E-state index is 12.8. The summed E-state index contributed by atoms with van der Waals surface area (Å²) in [7, 11) is -2.09. The lowest BCUT2D eigenvalue weighted by Crippen LogP contribution is -2.37. The van der Waals surface area contributed by atoms with Crippen molar-refractivity contribution in [1.82, 2.24) is 5.32 Å². The Bertz CT molecular complexity index is 855. The van der Waals surface area contributed by atoms with E-state index < -0.39 is 21.8 Å². The molecule has 1 aromatic heterocycles. The third-order valence-electron chi connectivity index (χ3n) is 3.97. The molecule has 1 atom stereocenters. The molecular formula is C16H17NO5S2. The van der Waals surface area contributed by atoms with Gasteiger partial charge in [0.05, 0.1) is 12.0 Å². The smallest absolute Gasteiger partial charge is 0.321 e. The van der Waals surface area contributed by atoms with E-state index in [4.69, 9.17) is 4.74 Å². The number of aliphatic carboxylic acids is 1. The van der Waals surface area contributed by atoms with E-state index in [0.717, 1.165) is 10.4 Å². The van der Waals surface area contributed by atoms with E-state index in [2.05, 4.69) is 5.32 Å². The summed E-state index contributed by atoms with van der Waals surface area (Å²) < 4.78 is 30.9. The van der Waals surface area contributed by atoms with Gasteiger partial charge in [0.25, 0.3) is 0 Å². The molecule has 6 nitrogen and oxygen atoms in total. The highest BCUT2D eigenvalue weighted by atomic mass is 32.2. The first-order valence-corrected chi connectivity index (χ1v) is 9.68. The SMILES string of the molecule is COc1ccc(S(=O)(=O)c2cc3c(s2)CCNC(C(=O)O)C3)cc1. The normalized spacial score (nSPS) is 17.8. The molecule has 0 spiro atoms. The predicted octanol–water partition coefficient (Wildman–Crippen LogP) is 1.73. The second-order valence-corrected chi connectivity index (χ2v) is 8.81. The van der Waals surface area contributed by atoms with E-state index in [-0.39, 0.29) is 9.10 Å². The number of carboxylic acids is 1. The Labute approximate surface area is 144 Å². The zero-order valence-corrected chi connectivity index (χ0v) is 14.6. The molecule has 2 aromatic rings. The molecule has 128 valence electrons. The lowest BCUT2D eigenvalue weighted by atomic mass is 10.1. The molecule has 0 radical (unpaired) electrons. The average molecular weight is 367 g/mol. The van der Waals surface area contributed by atoms with Gasteiger partial charge in [0.15, 0.2) is 0 Å². The molecule has 0 fully saturated rings. The van der Waals surface area contributed by atoms with Crippen LogP contribution in [-0.2, 0) is 27.5 Å². The lowest BCUT2D eigenvalue weighted by molar-refractivity contribution is -0.139. The van der Waals surface area contributed by atoms with Gasteiger partial charge in [-0.05, 0) is 48.7 Å². The van der Waals surface area contributed by atoms with E-state index in [0.29, 0.717) is 25.1 Å². The van der Waals surface area contributed by atoms with Crippen molar-refractivity contribution < 1.29 is 23.1 Å². The number of sulfone groups is 1. The average Bonchev–Trinajstić information content (AvgIpc) is 2.87. The van der Waals surface area contributed by atoms with Crippen LogP contribution in [0.2, 0.25) is 0 Å². The number of methoxy groups -OCH3 is 1. The quantitative estimate of drug-likeness (QED) is 0.855.